The van der Waals surface area contributed by atoms with Gasteiger partial charge in [0.05, 0.1) is 12.0 Å². The van der Waals surface area contributed by atoms with Crippen LogP contribution >= 0.6 is 0 Å². The first-order valence-electron chi connectivity index (χ1n) is 4.92. The minimum Gasteiger partial charge on any atom is -0.384 e. The number of anilines is 1. The van der Waals surface area contributed by atoms with E-state index in [9.17, 15) is 4.79 Å². The highest BCUT2D eigenvalue weighted by Gasteiger charge is 2.15. The Hall–Kier alpha value is -2.09. The Morgan fingerprint density at radius 2 is 2.38 bits per heavy atom. The predicted molar refractivity (Wildman–Crippen MR) is 60.4 cm³/mol. The van der Waals surface area contributed by atoms with Gasteiger partial charge in [0.2, 0.25) is 0 Å². The number of carbonyl (C=O) groups is 1. The molecule has 1 amide bonds. The average Bonchev–Trinajstić information content (AvgIpc) is 2.27. The van der Waals surface area contributed by atoms with Crippen LogP contribution in [-0.2, 0) is 0 Å². The van der Waals surface area contributed by atoms with Gasteiger partial charge >= 0.3 is 0 Å². The standard InChI is InChI=1S/C11H14N4O/c1-8(6-12)7-15(2)11(16)9-4-3-5-10(13)14-9/h3-5,8H,7H2,1-2H3,(H2,13,14). The zero-order chi connectivity index (χ0) is 12.1. The second-order valence-electron chi connectivity index (χ2n) is 3.66. The first-order valence-corrected chi connectivity index (χ1v) is 4.92. The number of hydrogen-bond donors (Lipinski definition) is 1. The van der Waals surface area contributed by atoms with Crippen molar-refractivity contribution in [2.24, 2.45) is 5.92 Å². The molecule has 5 heteroatoms. The lowest BCUT2D eigenvalue weighted by molar-refractivity contribution is 0.0779. The molecule has 0 bridgehead atoms. The third-order valence-corrected chi connectivity index (χ3v) is 2.10. The van der Waals surface area contributed by atoms with Gasteiger partial charge < -0.3 is 10.6 Å². The zero-order valence-corrected chi connectivity index (χ0v) is 9.34. The van der Waals surface area contributed by atoms with Gasteiger partial charge in [-0.1, -0.05) is 6.07 Å². The first-order chi connectivity index (χ1) is 7.54. The van der Waals surface area contributed by atoms with Crippen LogP contribution in [0.3, 0.4) is 0 Å². The Kier molecular flexibility index (Phi) is 3.84. The Balaban J connectivity index is 2.75. The number of aromatic nitrogens is 1. The average molecular weight is 218 g/mol. The molecule has 1 unspecified atom stereocenters. The molecule has 0 saturated carbocycles. The van der Waals surface area contributed by atoms with E-state index in [0.29, 0.717) is 18.1 Å². The van der Waals surface area contributed by atoms with Crippen molar-refractivity contribution in [3.63, 3.8) is 0 Å². The fourth-order valence-electron chi connectivity index (χ4n) is 1.30. The van der Waals surface area contributed by atoms with Crippen LogP contribution < -0.4 is 5.73 Å². The molecule has 2 N–H and O–H groups in total. The minimum atomic E-state index is -0.227. The monoisotopic (exact) mass is 218 g/mol. The van der Waals surface area contributed by atoms with E-state index in [-0.39, 0.29) is 11.8 Å². The Morgan fingerprint density at radius 3 is 2.94 bits per heavy atom. The Morgan fingerprint density at radius 1 is 1.69 bits per heavy atom. The molecular formula is C11H14N4O. The number of nitrogens with two attached hydrogens (primary N) is 1. The predicted octanol–water partition coefficient (Wildman–Crippen LogP) is 0.895. The van der Waals surface area contributed by atoms with Crippen LogP contribution in [0.15, 0.2) is 18.2 Å². The van der Waals surface area contributed by atoms with Crippen molar-refractivity contribution >= 4 is 11.7 Å². The van der Waals surface area contributed by atoms with Crippen molar-refractivity contribution in [1.82, 2.24) is 9.88 Å². The summed E-state index contributed by atoms with van der Waals surface area (Å²) < 4.78 is 0. The fourth-order valence-corrected chi connectivity index (χ4v) is 1.30. The van der Waals surface area contributed by atoms with Crippen molar-refractivity contribution in [1.29, 1.82) is 5.26 Å². The zero-order valence-electron chi connectivity index (χ0n) is 9.34. The summed E-state index contributed by atoms with van der Waals surface area (Å²) in [5.74, 6) is -0.114. The van der Waals surface area contributed by atoms with Gasteiger partial charge in [-0.3, -0.25) is 4.79 Å². The molecule has 5 nitrogen and oxygen atoms in total. The van der Waals surface area contributed by atoms with Gasteiger partial charge in [0, 0.05) is 13.6 Å². The molecule has 0 radical (unpaired) electrons. The Bertz CT molecular complexity index is 424. The third kappa shape index (κ3) is 2.95. The first kappa shape index (κ1) is 12.0. The van der Waals surface area contributed by atoms with Crippen molar-refractivity contribution in [3.8, 4) is 6.07 Å². The van der Waals surface area contributed by atoms with E-state index in [1.54, 1.807) is 32.2 Å². The molecule has 0 saturated heterocycles. The summed E-state index contributed by atoms with van der Waals surface area (Å²) in [6, 6.07) is 6.98. The van der Waals surface area contributed by atoms with E-state index in [1.807, 2.05) is 0 Å². The van der Waals surface area contributed by atoms with Crippen LogP contribution in [0.4, 0.5) is 5.82 Å². The van der Waals surface area contributed by atoms with Gasteiger partial charge in [-0.25, -0.2) is 4.98 Å². The summed E-state index contributed by atoms with van der Waals surface area (Å²) in [5.41, 5.74) is 5.79. The van der Waals surface area contributed by atoms with Gasteiger partial charge in [-0.05, 0) is 19.1 Å². The topological polar surface area (TPSA) is 83.0 Å². The van der Waals surface area contributed by atoms with E-state index in [1.165, 1.54) is 4.90 Å². The SMILES string of the molecule is CC(C#N)CN(C)C(=O)c1cccc(N)n1. The molecule has 1 aromatic heterocycles. The summed E-state index contributed by atoms with van der Waals surface area (Å²) in [6.45, 7) is 2.14. The second kappa shape index (κ2) is 5.12. The highest BCUT2D eigenvalue weighted by Crippen LogP contribution is 2.05. The minimum absolute atomic E-state index is 0.199. The van der Waals surface area contributed by atoms with Crippen LogP contribution in [0.2, 0.25) is 0 Å². The largest absolute Gasteiger partial charge is 0.384 e. The smallest absolute Gasteiger partial charge is 0.272 e. The lowest BCUT2D eigenvalue weighted by Crippen LogP contribution is -2.31. The Labute approximate surface area is 94.5 Å². The summed E-state index contributed by atoms with van der Waals surface area (Å²) in [6.07, 6.45) is 0. The number of nitrogen functional groups attached to an aromatic ring is 1. The molecule has 0 fully saturated rings. The van der Waals surface area contributed by atoms with Crippen molar-refractivity contribution in [3.05, 3.63) is 23.9 Å². The molecular weight excluding hydrogens is 204 g/mol. The summed E-state index contributed by atoms with van der Waals surface area (Å²) >= 11 is 0. The van der Waals surface area contributed by atoms with Gasteiger partial charge in [0.25, 0.3) is 5.91 Å². The van der Waals surface area contributed by atoms with E-state index < -0.39 is 0 Å². The molecule has 84 valence electrons. The molecule has 1 aromatic rings. The number of nitrogens with zero attached hydrogens (tertiary/aromatic N) is 3. The van der Waals surface area contributed by atoms with Crippen LogP contribution in [-0.4, -0.2) is 29.4 Å². The quantitative estimate of drug-likeness (QED) is 0.816. The molecule has 0 spiro atoms. The van der Waals surface area contributed by atoms with E-state index >= 15 is 0 Å². The van der Waals surface area contributed by atoms with Crippen molar-refractivity contribution in [2.45, 2.75) is 6.92 Å². The molecule has 0 aromatic carbocycles. The van der Waals surface area contributed by atoms with E-state index in [2.05, 4.69) is 11.1 Å². The lowest BCUT2D eigenvalue weighted by atomic mass is 10.2. The lowest BCUT2D eigenvalue weighted by Gasteiger charge is -2.17. The molecule has 0 aliphatic rings. The molecule has 1 heterocycles. The van der Waals surface area contributed by atoms with Gasteiger partial charge in [0.15, 0.2) is 0 Å². The number of pyridine rings is 1. The summed E-state index contributed by atoms with van der Waals surface area (Å²) in [5, 5.41) is 8.66. The number of nitriles is 1. The maximum Gasteiger partial charge on any atom is 0.272 e. The van der Waals surface area contributed by atoms with E-state index in [0.717, 1.165) is 0 Å². The molecule has 16 heavy (non-hydrogen) atoms. The van der Waals surface area contributed by atoms with E-state index in [4.69, 9.17) is 11.0 Å². The molecule has 0 aliphatic heterocycles. The number of carbonyl (C=O) groups excluding carboxylic acids is 1. The van der Waals surface area contributed by atoms with Crippen LogP contribution in [0.25, 0.3) is 0 Å². The third-order valence-electron chi connectivity index (χ3n) is 2.10. The van der Waals surface area contributed by atoms with Crippen molar-refractivity contribution < 1.29 is 4.79 Å². The number of rotatable bonds is 3. The highest BCUT2D eigenvalue weighted by molar-refractivity contribution is 5.92. The maximum absolute atomic E-state index is 11.8. The van der Waals surface area contributed by atoms with Gasteiger partial charge in [-0.15, -0.1) is 0 Å². The van der Waals surface area contributed by atoms with Crippen LogP contribution in [0, 0.1) is 17.2 Å². The molecule has 0 aliphatic carbocycles. The summed E-state index contributed by atoms with van der Waals surface area (Å²) in [4.78, 5) is 17.2. The van der Waals surface area contributed by atoms with Crippen molar-refractivity contribution in [2.75, 3.05) is 19.3 Å². The van der Waals surface area contributed by atoms with Gasteiger partial charge in [-0.2, -0.15) is 5.26 Å². The molecule has 1 atom stereocenters. The van der Waals surface area contributed by atoms with Crippen LogP contribution in [0.5, 0.6) is 0 Å². The highest BCUT2D eigenvalue weighted by atomic mass is 16.2. The number of amides is 1. The number of hydrogen-bond acceptors (Lipinski definition) is 4. The summed E-state index contributed by atoms with van der Waals surface area (Å²) in [7, 11) is 1.64. The normalized spacial score (nSPS) is 11.6. The van der Waals surface area contributed by atoms with Crippen LogP contribution in [0.1, 0.15) is 17.4 Å². The molecule has 1 rings (SSSR count). The fraction of sp³-hybridized carbons (Fsp3) is 0.364. The van der Waals surface area contributed by atoms with Gasteiger partial charge in [0.1, 0.15) is 11.5 Å². The maximum atomic E-state index is 11.8. The second-order valence-corrected chi connectivity index (χ2v) is 3.66.